The van der Waals surface area contributed by atoms with Crippen molar-refractivity contribution in [1.82, 2.24) is 15.0 Å². The molecule has 0 saturated heterocycles. The van der Waals surface area contributed by atoms with Gasteiger partial charge in [-0.05, 0) is 24.3 Å². The van der Waals surface area contributed by atoms with Crippen LogP contribution in [0.25, 0.3) is 22.2 Å². The van der Waals surface area contributed by atoms with Crippen LogP contribution in [0.4, 0.5) is 9.52 Å². The molecule has 1 aromatic carbocycles. The number of ether oxygens (including phenoxy) is 1. The van der Waals surface area contributed by atoms with Crippen LogP contribution in [0.15, 0.2) is 41.9 Å². The number of fused-ring (bicyclic) bond motifs is 1. The summed E-state index contributed by atoms with van der Waals surface area (Å²) in [4.78, 5) is 34.0. The van der Waals surface area contributed by atoms with Gasteiger partial charge in [0.05, 0.1) is 12.8 Å². The van der Waals surface area contributed by atoms with Gasteiger partial charge in [-0.1, -0.05) is 6.07 Å². The predicted octanol–water partition coefficient (Wildman–Crippen LogP) is 3.80. The van der Waals surface area contributed by atoms with Crippen LogP contribution in [0.1, 0.15) is 21.0 Å². The molecule has 0 radical (unpaired) electrons. The van der Waals surface area contributed by atoms with Crippen LogP contribution >= 0.6 is 11.3 Å². The number of aromatic amines is 2. The van der Waals surface area contributed by atoms with Crippen molar-refractivity contribution in [2.75, 3.05) is 12.4 Å². The number of amides is 1. The van der Waals surface area contributed by atoms with E-state index in [9.17, 15) is 14.0 Å². The molecule has 0 unspecified atom stereocenters. The van der Waals surface area contributed by atoms with Crippen molar-refractivity contribution in [3.8, 4) is 11.3 Å². The molecule has 0 aliphatic heterocycles. The number of esters is 1. The maximum Gasteiger partial charge on any atom is 0.354 e. The maximum absolute atomic E-state index is 13.8. The molecule has 27 heavy (non-hydrogen) atoms. The van der Waals surface area contributed by atoms with E-state index in [2.05, 4.69) is 25.0 Å². The van der Waals surface area contributed by atoms with Crippen molar-refractivity contribution in [1.29, 1.82) is 0 Å². The Labute approximate surface area is 156 Å². The number of aromatic nitrogens is 3. The lowest BCUT2D eigenvalue weighted by atomic mass is 10.2. The van der Waals surface area contributed by atoms with E-state index in [1.807, 2.05) is 0 Å². The minimum atomic E-state index is -0.476. The van der Waals surface area contributed by atoms with Crippen LogP contribution in [-0.2, 0) is 4.74 Å². The molecule has 3 N–H and O–H groups in total. The Morgan fingerprint density at radius 1 is 1.26 bits per heavy atom. The van der Waals surface area contributed by atoms with Crippen molar-refractivity contribution in [2.24, 2.45) is 0 Å². The topological polar surface area (TPSA) is 99.9 Å². The average Bonchev–Trinajstić information content (AvgIpc) is 3.39. The minimum Gasteiger partial charge on any atom is -0.464 e. The summed E-state index contributed by atoms with van der Waals surface area (Å²) in [6, 6.07) is 7.69. The average molecular weight is 384 g/mol. The molecule has 0 saturated carbocycles. The molecule has 4 aromatic rings. The number of methoxy groups -OCH3 is 1. The highest BCUT2D eigenvalue weighted by Crippen LogP contribution is 2.26. The van der Waals surface area contributed by atoms with Crippen LogP contribution < -0.4 is 5.32 Å². The fourth-order valence-corrected chi connectivity index (χ4v) is 3.35. The second-order valence-electron chi connectivity index (χ2n) is 5.67. The van der Waals surface area contributed by atoms with E-state index in [1.54, 1.807) is 29.8 Å². The van der Waals surface area contributed by atoms with E-state index in [1.165, 1.54) is 30.6 Å². The van der Waals surface area contributed by atoms with Gasteiger partial charge in [-0.15, -0.1) is 11.3 Å². The van der Waals surface area contributed by atoms with Crippen molar-refractivity contribution < 1.29 is 18.7 Å². The molecule has 3 aromatic heterocycles. The summed E-state index contributed by atoms with van der Waals surface area (Å²) >= 11 is 1.24. The summed E-state index contributed by atoms with van der Waals surface area (Å²) < 4.78 is 18.4. The standard InChI is InChI=1S/C18H13FN4O3S/c1-26-17(25)14-5-9(7-20-14)15-8-27-18(22-15)23-16(24)13-6-10-11(19)3-2-4-12(10)21-13/h2-8,20-21H,1H3,(H,22,23,24). The normalized spacial score (nSPS) is 10.9. The summed E-state index contributed by atoms with van der Waals surface area (Å²) in [6.07, 6.45) is 1.63. The number of thiazole rings is 1. The Morgan fingerprint density at radius 2 is 2.11 bits per heavy atom. The SMILES string of the molecule is COC(=O)c1cc(-c2csc(NC(=O)c3cc4c(F)cccc4[nH]3)n2)c[nH]1. The molecule has 0 atom stereocenters. The lowest BCUT2D eigenvalue weighted by Gasteiger charge is -1.98. The van der Waals surface area contributed by atoms with Crippen LogP contribution in [-0.4, -0.2) is 33.9 Å². The van der Waals surface area contributed by atoms with Crippen LogP contribution in [0.5, 0.6) is 0 Å². The molecule has 9 heteroatoms. The van der Waals surface area contributed by atoms with E-state index in [4.69, 9.17) is 0 Å². The van der Waals surface area contributed by atoms with Crippen molar-refractivity contribution in [2.45, 2.75) is 0 Å². The summed E-state index contributed by atoms with van der Waals surface area (Å²) in [7, 11) is 1.30. The molecule has 0 bridgehead atoms. The van der Waals surface area contributed by atoms with E-state index >= 15 is 0 Å². The monoisotopic (exact) mass is 384 g/mol. The van der Waals surface area contributed by atoms with Gasteiger partial charge in [0.15, 0.2) is 5.13 Å². The van der Waals surface area contributed by atoms with Gasteiger partial charge in [0.1, 0.15) is 17.2 Å². The molecule has 0 fully saturated rings. The highest BCUT2D eigenvalue weighted by atomic mass is 32.1. The molecule has 0 aliphatic rings. The van der Waals surface area contributed by atoms with Crippen molar-refractivity contribution in [3.63, 3.8) is 0 Å². The fourth-order valence-electron chi connectivity index (χ4n) is 2.64. The van der Waals surface area contributed by atoms with Gasteiger partial charge in [0.2, 0.25) is 0 Å². The minimum absolute atomic E-state index is 0.237. The van der Waals surface area contributed by atoms with Gasteiger partial charge in [-0.3, -0.25) is 10.1 Å². The molecule has 136 valence electrons. The number of carbonyl (C=O) groups is 2. The Balaban J connectivity index is 1.53. The largest absolute Gasteiger partial charge is 0.464 e. The summed E-state index contributed by atoms with van der Waals surface area (Å²) in [5.41, 5.74) is 2.39. The third kappa shape index (κ3) is 3.20. The molecule has 7 nitrogen and oxygen atoms in total. The molecular formula is C18H13FN4O3S. The number of benzene rings is 1. The molecular weight excluding hydrogens is 371 g/mol. The third-order valence-corrected chi connectivity index (χ3v) is 4.72. The molecule has 4 rings (SSSR count). The first kappa shape index (κ1) is 17.0. The quantitative estimate of drug-likeness (QED) is 0.466. The number of anilines is 1. The van der Waals surface area contributed by atoms with Gasteiger partial charge < -0.3 is 14.7 Å². The number of hydrogen-bond acceptors (Lipinski definition) is 5. The lowest BCUT2D eigenvalue weighted by Crippen LogP contribution is -2.11. The van der Waals surface area contributed by atoms with Crippen LogP contribution in [0.2, 0.25) is 0 Å². The van der Waals surface area contributed by atoms with Gasteiger partial charge in [0.25, 0.3) is 5.91 Å². The molecule has 0 spiro atoms. The summed E-state index contributed by atoms with van der Waals surface area (Å²) in [5.74, 6) is -1.29. The number of nitrogens with one attached hydrogen (secondary N) is 3. The second kappa shape index (κ2) is 6.69. The van der Waals surface area contributed by atoms with E-state index in [0.717, 1.165) is 0 Å². The number of halogens is 1. The zero-order chi connectivity index (χ0) is 19.0. The molecule has 1 amide bonds. The number of H-pyrrole nitrogens is 2. The first-order valence-electron chi connectivity index (χ1n) is 7.86. The fraction of sp³-hybridized carbons (Fsp3) is 0.0556. The van der Waals surface area contributed by atoms with Crippen molar-refractivity contribution in [3.05, 3.63) is 59.1 Å². The van der Waals surface area contributed by atoms with Gasteiger partial charge in [-0.25, -0.2) is 14.2 Å². The number of rotatable bonds is 4. The van der Waals surface area contributed by atoms with Crippen molar-refractivity contribution >= 4 is 39.2 Å². The first-order chi connectivity index (χ1) is 13.0. The first-order valence-corrected chi connectivity index (χ1v) is 8.74. The number of carbonyl (C=O) groups excluding carboxylic acids is 2. The highest BCUT2D eigenvalue weighted by Gasteiger charge is 2.15. The summed E-state index contributed by atoms with van der Waals surface area (Å²) in [6.45, 7) is 0. The molecule has 3 heterocycles. The van der Waals surface area contributed by atoms with Gasteiger partial charge in [-0.2, -0.15) is 0 Å². The van der Waals surface area contributed by atoms with E-state index in [-0.39, 0.29) is 5.69 Å². The Bertz CT molecular complexity index is 1160. The highest BCUT2D eigenvalue weighted by molar-refractivity contribution is 7.14. The number of hydrogen-bond donors (Lipinski definition) is 3. The van der Waals surface area contributed by atoms with Crippen LogP contribution in [0, 0.1) is 5.82 Å². The Kier molecular flexibility index (Phi) is 4.21. The van der Waals surface area contributed by atoms with Crippen LogP contribution in [0.3, 0.4) is 0 Å². The van der Waals surface area contributed by atoms with Gasteiger partial charge >= 0.3 is 5.97 Å². The maximum atomic E-state index is 13.8. The third-order valence-electron chi connectivity index (χ3n) is 3.96. The zero-order valence-electron chi connectivity index (χ0n) is 14.0. The second-order valence-corrected chi connectivity index (χ2v) is 6.53. The number of nitrogens with zero attached hydrogens (tertiary/aromatic N) is 1. The Morgan fingerprint density at radius 3 is 2.89 bits per heavy atom. The predicted molar refractivity (Wildman–Crippen MR) is 99.5 cm³/mol. The van der Waals surface area contributed by atoms with Gasteiger partial charge in [0, 0.05) is 28.0 Å². The smallest absolute Gasteiger partial charge is 0.354 e. The molecule has 0 aliphatic carbocycles. The lowest BCUT2D eigenvalue weighted by molar-refractivity contribution is 0.0594. The Hall–Kier alpha value is -3.46. The van der Waals surface area contributed by atoms with E-state index < -0.39 is 17.7 Å². The van der Waals surface area contributed by atoms with E-state index in [0.29, 0.717) is 33.0 Å². The summed E-state index contributed by atoms with van der Waals surface area (Å²) in [5, 5.41) is 5.17. The zero-order valence-corrected chi connectivity index (χ0v) is 14.8.